The van der Waals surface area contributed by atoms with Crippen LogP contribution in [0.4, 0.5) is 5.69 Å². The van der Waals surface area contributed by atoms with Crippen molar-refractivity contribution < 1.29 is 14.3 Å². The first-order valence-corrected chi connectivity index (χ1v) is 11.5. The predicted octanol–water partition coefficient (Wildman–Crippen LogP) is 4.44. The van der Waals surface area contributed by atoms with Crippen LogP contribution in [0, 0.1) is 0 Å². The quantitative estimate of drug-likeness (QED) is 0.582. The Morgan fingerprint density at radius 1 is 1.03 bits per heavy atom. The minimum atomic E-state index is -0.287. The van der Waals surface area contributed by atoms with Crippen LogP contribution in [-0.4, -0.2) is 39.6 Å². The number of hydrogen-bond donors (Lipinski definition) is 1. The fraction of sp³-hybridized carbons (Fsp3) is 0.346. The lowest BCUT2D eigenvalue weighted by molar-refractivity contribution is 0.0714. The SMILES string of the molecule is CCc1ccc(OCc2cccc(C(=O)Nc3cnn(C)c3C(=O)N3CCCCC3)c2)cc1. The molecule has 1 aliphatic rings. The van der Waals surface area contributed by atoms with Crippen LogP contribution in [-0.2, 0) is 20.1 Å². The standard InChI is InChI=1S/C26H30N4O3/c1-3-19-10-12-22(13-11-19)33-18-20-8-7-9-21(16-20)25(31)28-23-17-27-29(2)24(23)26(32)30-14-5-4-6-15-30/h7-13,16-17H,3-6,14-15,18H2,1-2H3,(H,28,31). The number of aromatic nitrogens is 2. The Labute approximate surface area is 194 Å². The molecule has 2 heterocycles. The van der Waals surface area contributed by atoms with Gasteiger partial charge in [-0.1, -0.05) is 31.2 Å². The van der Waals surface area contributed by atoms with E-state index in [1.165, 1.54) is 16.4 Å². The molecule has 1 fully saturated rings. The second-order valence-corrected chi connectivity index (χ2v) is 8.32. The Hall–Kier alpha value is -3.61. The van der Waals surface area contributed by atoms with Gasteiger partial charge in [-0.2, -0.15) is 5.10 Å². The van der Waals surface area contributed by atoms with Crippen LogP contribution < -0.4 is 10.1 Å². The van der Waals surface area contributed by atoms with Crippen molar-refractivity contribution in [2.45, 2.75) is 39.2 Å². The molecule has 0 aliphatic carbocycles. The number of aryl methyl sites for hydroxylation is 2. The van der Waals surface area contributed by atoms with E-state index < -0.39 is 0 Å². The first-order chi connectivity index (χ1) is 16.0. The Morgan fingerprint density at radius 3 is 2.52 bits per heavy atom. The van der Waals surface area contributed by atoms with Crippen molar-refractivity contribution in [1.82, 2.24) is 14.7 Å². The van der Waals surface area contributed by atoms with Crippen molar-refractivity contribution in [3.63, 3.8) is 0 Å². The summed E-state index contributed by atoms with van der Waals surface area (Å²) in [5.41, 5.74) is 3.47. The van der Waals surface area contributed by atoms with Crippen molar-refractivity contribution in [3.8, 4) is 5.75 Å². The molecule has 3 aromatic rings. The van der Waals surface area contributed by atoms with Crippen LogP contribution in [0.2, 0.25) is 0 Å². The van der Waals surface area contributed by atoms with E-state index in [9.17, 15) is 9.59 Å². The zero-order valence-electron chi connectivity index (χ0n) is 19.2. The van der Waals surface area contributed by atoms with Gasteiger partial charge in [0.2, 0.25) is 0 Å². The van der Waals surface area contributed by atoms with Gasteiger partial charge in [0.25, 0.3) is 11.8 Å². The Morgan fingerprint density at radius 2 is 1.79 bits per heavy atom. The first-order valence-electron chi connectivity index (χ1n) is 11.5. The zero-order chi connectivity index (χ0) is 23.2. The lowest BCUT2D eigenvalue weighted by Crippen LogP contribution is -2.37. The van der Waals surface area contributed by atoms with Gasteiger partial charge >= 0.3 is 0 Å². The van der Waals surface area contributed by atoms with E-state index in [1.54, 1.807) is 19.2 Å². The lowest BCUT2D eigenvalue weighted by atomic mass is 10.1. The van der Waals surface area contributed by atoms with Crippen LogP contribution in [0.25, 0.3) is 0 Å². The molecule has 1 aromatic heterocycles. The molecule has 0 bridgehead atoms. The molecule has 0 unspecified atom stereocenters. The number of ether oxygens (including phenoxy) is 1. The van der Waals surface area contributed by atoms with Gasteiger partial charge in [-0.15, -0.1) is 0 Å². The summed E-state index contributed by atoms with van der Waals surface area (Å²) in [6.07, 6.45) is 5.66. The summed E-state index contributed by atoms with van der Waals surface area (Å²) in [5, 5.41) is 7.08. The highest BCUT2D eigenvalue weighted by Gasteiger charge is 2.25. The number of piperidine rings is 1. The van der Waals surface area contributed by atoms with Crippen LogP contribution in [0.15, 0.2) is 54.7 Å². The van der Waals surface area contributed by atoms with E-state index in [0.717, 1.165) is 50.1 Å². The molecule has 0 atom stereocenters. The zero-order valence-corrected chi connectivity index (χ0v) is 19.2. The van der Waals surface area contributed by atoms with E-state index in [0.29, 0.717) is 23.6 Å². The molecule has 4 rings (SSSR count). The number of benzene rings is 2. The van der Waals surface area contributed by atoms with Crippen molar-refractivity contribution in [1.29, 1.82) is 0 Å². The van der Waals surface area contributed by atoms with Crippen molar-refractivity contribution in [2.24, 2.45) is 7.05 Å². The highest BCUT2D eigenvalue weighted by atomic mass is 16.5. The molecule has 7 nitrogen and oxygen atoms in total. The fourth-order valence-corrected chi connectivity index (χ4v) is 4.01. The van der Waals surface area contributed by atoms with E-state index in [4.69, 9.17) is 4.74 Å². The number of anilines is 1. The van der Waals surface area contributed by atoms with Crippen LogP contribution in [0.3, 0.4) is 0 Å². The topological polar surface area (TPSA) is 76.5 Å². The van der Waals surface area contributed by atoms with Gasteiger partial charge in [0.15, 0.2) is 0 Å². The molecule has 172 valence electrons. The molecule has 0 saturated carbocycles. The highest BCUT2D eigenvalue weighted by Crippen LogP contribution is 2.21. The Bertz CT molecular complexity index is 1110. The van der Waals surface area contributed by atoms with E-state index in [-0.39, 0.29) is 11.8 Å². The number of carbonyl (C=O) groups excluding carboxylic acids is 2. The minimum absolute atomic E-state index is 0.0961. The van der Waals surface area contributed by atoms with E-state index >= 15 is 0 Å². The number of rotatable bonds is 7. The molecule has 1 saturated heterocycles. The summed E-state index contributed by atoms with van der Waals surface area (Å²) >= 11 is 0. The van der Waals surface area contributed by atoms with Gasteiger partial charge in [-0.25, -0.2) is 0 Å². The second-order valence-electron chi connectivity index (χ2n) is 8.32. The number of likely N-dealkylation sites (tertiary alicyclic amines) is 1. The molecular formula is C26H30N4O3. The number of hydrogen-bond acceptors (Lipinski definition) is 4. The Kier molecular flexibility index (Phi) is 7.07. The summed E-state index contributed by atoms with van der Waals surface area (Å²) in [5.74, 6) is 0.407. The normalized spacial score (nSPS) is 13.6. The maximum atomic E-state index is 13.0. The minimum Gasteiger partial charge on any atom is -0.489 e. The fourth-order valence-electron chi connectivity index (χ4n) is 4.01. The van der Waals surface area contributed by atoms with E-state index in [2.05, 4.69) is 29.5 Å². The largest absolute Gasteiger partial charge is 0.489 e. The maximum absolute atomic E-state index is 13.0. The predicted molar refractivity (Wildman–Crippen MR) is 128 cm³/mol. The van der Waals surface area contributed by atoms with Crippen molar-refractivity contribution in [2.75, 3.05) is 18.4 Å². The van der Waals surface area contributed by atoms with Crippen molar-refractivity contribution in [3.05, 3.63) is 77.1 Å². The van der Waals surface area contributed by atoms with E-state index in [1.807, 2.05) is 29.2 Å². The third-order valence-electron chi connectivity index (χ3n) is 5.96. The number of carbonyl (C=O) groups is 2. The molecule has 0 spiro atoms. The third-order valence-corrected chi connectivity index (χ3v) is 5.96. The molecule has 33 heavy (non-hydrogen) atoms. The number of amides is 2. The molecule has 2 amide bonds. The van der Waals surface area contributed by atoms with Gasteiger partial charge in [0.1, 0.15) is 18.1 Å². The summed E-state index contributed by atoms with van der Waals surface area (Å²) in [7, 11) is 1.72. The second kappa shape index (κ2) is 10.3. The first kappa shape index (κ1) is 22.6. The summed E-state index contributed by atoms with van der Waals surface area (Å²) < 4.78 is 7.40. The highest BCUT2D eigenvalue weighted by molar-refractivity contribution is 6.08. The average Bonchev–Trinajstić information content (AvgIpc) is 3.22. The molecule has 1 N–H and O–H groups in total. The van der Waals surface area contributed by atoms with Crippen LogP contribution in [0.1, 0.15) is 58.2 Å². The molecule has 7 heteroatoms. The number of nitrogens with zero attached hydrogens (tertiary/aromatic N) is 3. The van der Waals surface area contributed by atoms with Gasteiger partial charge in [-0.05, 0) is 61.1 Å². The summed E-state index contributed by atoms with van der Waals surface area (Å²) in [4.78, 5) is 27.8. The Balaban J connectivity index is 1.43. The molecular weight excluding hydrogens is 416 g/mol. The number of nitrogens with one attached hydrogen (secondary N) is 1. The molecule has 0 radical (unpaired) electrons. The monoisotopic (exact) mass is 446 g/mol. The van der Waals surface area contributed by atoms with Gasteiger partial charge in [-0.3, -0.25) is 14.3 Å². The molecule has 2 aromatic carbocycles. The van der Waals surface area contributed by atoms with Crippen molar-refractivity contribution >= 4 is 17.5 Å². The summed E-state index contributed by atoms with van der Waals surface area (Å²) in [6.45, 7) is 3.95. The summed E-state index contributed by atoms with van der Waals surface area (Å²) in [6, 6.07) is 15.3. The average molecular weight is 447 g/mol. The van der Waals surface area contributed by atoms with Crippen LogP contribution >= 0.6 is 0 Å². The van der Waals surface area contributed by atoms with Gasteiger partial charge in [0, 0.05) is 25.7 Å². The smallest absolute Gasteiger partial charge is 0.274 e. The van der Waals surface area contributed by atoms with Crippen LogP contribution in [0.5, 0.6) is 5.75 Å². The lowest BCUT2D eigenvalue weighted by Gasteiger charge is -2.27. The molecule has 1 aliphatic heterocycles. The maximum Gasteiger partial charge on any atom is 0.274 e. The van der Waals surface area contributed by atoms with Gasteiger partial charge in [0.05, 0.1) is 11.9 Å². The third kappa shape index (κ3) is 5.42. The van der Waals surface area contributed by atoms with Gasteiger partial charge < -0.3 is 15.0 Å².